The van der Waals surface area contributed by atoms with Gasteiger partial charge in [-0.25, -0.2) is 0 Å². The molecule has 0 bridgehead atoms. The quantitative estimate of drug-likeness (QED) is 0.250. The molecule has 0 fully saturated rings. The van der Waals surface area contributed by atoms with Crippen LogP contribution in [0.15, 0.2) is 47.5 Å². The standard InChI is InChI=1S/C52H76O3/c1-29-41(32-23-35(46(4,5)6)43(53)36(24-32)47(7,8)9)30(2)52(22,34-27-39(50(16,17)18)45(55)40(28-34)51(19,20)21)31(3)42(29)33-25-37(48(10,11)12)44(54)38(26-33)49(13,14)15/h23-28,30,53-55H,1-22H3. The summed E-state index contributed by atoms with van der Waals surface area (Å²) in [6.07, 6.45) is 0. The first-order valence-electron chi connectivity index (χ1n) is 20.5. The van der Waals surface area contributed by atoms with Crippen molar-refractivity contribution in [2.75, 3.05) is 0 Å². The van der Waals surface area contributed by atoms with Crippen LogP contribution in [0.1, 0.15) is 202 Å². The number of aromatic hydroxyl groups is 3. The van der Waals surface area contributed by atoms with Gasteiger partial charge in [0.25, 0.3) is 0 Å². The highest BCUT2D eigenvalue weighted by Gasteiger charge is 2.45. The van der Waals surface area contributed by atoms with Crippen molar-refractivity contribution in [1.82, 2.24) is 0 Å². The lowest BCUT2D eigenvalue weighted by atomic mass is 9.57. The average Bonchev–Trinajstić information content (AvgIpc) is 2.98. The van der Waals surface area contributed by atoms with Crippen molar-refractivity contribution in [3.05, 3.63) is 97.6 Å². The van der Waals surface area contributed by atoms with E-state index >= 15 is 0 Å². The zero-order valence-electron chi connectivity index (χ0n) is 38.9. The molecular formula is C52H76O3. The minimum atomic E-state index is -0.499. The molecule has 0 saturated carbocycles. The molecule has 0 saturated heterocycles. The van der Waals surface area contributed by atoms with E-state index in [2.05, 4.69) is 189 Å². The molecule has 55 heavy (non-hydrogen) atoms. The van der Waals surface area contributed by atoms with Crippen LogP contribution < -0.4 is 0 Å². The summed E-state index contributed by atoms with van der Waals surface area (Å²) in [6, 6.07) is 13.5. The molecule has 3 aromatic rings. The maximum absolute atomic E-state index is 11.9. The number of benzene rings is 3. The molecule has 0 radical (unpaired) electrons. The molecule has 0 amide bonds. The van der Waals surface area contributed by atoms with Crippen LogP contribution in [0.5, 0.6) is 17.2 Å². The van der Waals surface area contributed by atoms with Gasteiger partial charge >= 0.3 is 0 Å². The third-order valence-corrected chi connectivity index (χ3v) is 12.6. The fraction of sp³-hybridized carbons (Fsp3) is 0.577. The lowest BCUT2D eigenvalue weighted by Crippen LogP contribution is -2.37. The zero-order valence-corrected chi connectivity index (χ0v) is 38.9. The fourth-order valence-electron chi connectivity index (χ4n) is 8.91. The first-order chi connectivity index (χ1) is 24.5. The van der Waals surface area contributed by atoms with Crippen LogP contribution in [0.2, 0.25) is 0 Å². The summed E-state index contributed by atoms with van der Waals surface area (Å²) in [4.78, 5) is 0. The lowest BCUT2D eigenvalue weighted by Gasteiger charge is -2.46. The zero-order chi connectivity index (χ0) is 42.6. The molecule has 2 atom stereocenters. The highest BCUT2D eigenvalue weighted by atomic mass is 16.3. The SMILES string of the molecule is CC1=C(c2cc(C(C)(C)C)c(O)c(C(C)(C)C)c2)C(C)C(C)(c2cc(C(C)(C)C)c(O)c(C(C)(C)C)c2)C(C)=C1c1cc(C(C)(C)C)c(O)c(C(C)(C)C)c1. The summed E-state index contributed by atoms with van der Waals surface area (Å²) in [5.41, 5.74) is 11.8. The summed E-state index contributed by atoms with van der Waals surface area (Å²) in [7, 11) is 0. The van der Waals surface area contributed by atoms with Gasteiger partial charge in [-0.15, -0.1) is 0 Å². The van der Waals surface area contributed by atoms with Crippen molar-refractivity contribution in [1.29, 1.82) is 0 Å². The van der Waals surface area contributed by atoms with Crippen molar-refractivity contribution in [2.24, 2.45) is 5.92 Å². The van der Waals surface area contributed by atoms with Gasteiger partial charge in [0.15, 0.2) is 0 Å². The van der Waals surface area contributed by atoms with Crippen molar-refractivity contribution >= 4 is 11.1 Å². The van der Waals surface area contributed by atoms with Crippen molar-refractivity contribution in [3.8, 4) is 17.2 Å². The van der Waals surface area contributed by atoms with E-state index in [4.69, 9.17) is 0 Å². The van der Waals surface area contributed by atoms with E-state index in [0.29, 0.717) is 17.2 Å². The highest BCUT2D eigenvalue weighted by molar-refractivity contribution is 5.96. The number of hydrogen-bond acceptors (Lipinski definition) is 3. The second-order valence-corrected chi connectivity index (χ2v) is 23.2. The molecule has 1 aliphatic carbocycles. The number of hydrogen-bond donors (Lipinski definition) is 3. The average molecular weight is 749 g/mol. The summed E-state index contributed by atoms with van der Waals surface area (Å²) in [5.74, 6) is 1.16. The van der Waals surface area contributed by atoms with Crippen LogP contribution in [-0.2, 0) is 37.9 Å². The monoisotopic (exact) mass is 749 g/mol. The topological polar surface area (TPSA) is 60.7 Å². The molecule has 3 nitrogen and oxygen atoms in total. The van der Waals surface area contributed by atoms with Gasteiger partial charge in [0.2, 0.25) is 0 Å². The van der Waals surface area contributed by atoms with E-state index in [1.54, 1.807) is 0 Å². The Balaban J connectivity index is 2.35. The summed E-state index contributed by atoms with van der Waals surface area (Å²) >= 11 is 0. The Morgan fingerprint density at radius 3 is 0.964 bits per heavy atom. The van der Waals surface area contributed by atoms with E-state index in [1.807, 2.05) is 0 Å². The maximum Gasteiger partial charge on any atom is 0.123 e. The van der Waals surface area contributed by atoms with E-state index in [-0.39, 0.29) is 38.4 Å². The number of phenols is 3. The van der Waals surface area contributed by atoms with E-state index in [0.717, 1.165) is 44.5 Å². The molecule has 3 aromatic carbocycles. The molecule has 1 aliphatic rings. The van der Waals surface area contributed by atoms with E-state index in [1.165, 1.54) is 27.9 Å². The molecule has 0 aliphatic heterocycles. The minimum Gasteiger partial charge on any atom is -0.507 e. The predicted octanol–water partition coefficient (Wildman–Crippen LogP) is 14.4. The second-order valence-electron chi connectivity index (χ2n) is 23.2. The summed E-state index contributed by atoms with van der Waals surface area (Å²) in [5, 5.41) is 35.7. The molecule has 3 heteroatoms. The molecule has 3 N–H and O–H groups in total. The van der Waals surface area contributed by atoms with E-state index < -0.39 is 5.41 Å². The van der Waals surface area contributed by atoms with Gasteiger partial charge in [0.05, 0.1) is 0 Å². The van der Waals surface area contributed by atoms with Gasteiger partial charge in [-0.05, 0) is 121 Å². The largest absolute Gasteiger partial charge is 0.507 e. The Morgan fingerprint density at radius 2 is 0.691 bits per heavy atom. The summed E-state index contributed by atoms with van der Waals surface area (Å²) < 4.78 is 0. The third-order valence-electron chi connectivity index (χ3n) is 12.6. The fourth-order valence-corrected chi connectivity index (χ4v) is 8.91. The number of phenolic OH excluding ortho intramolecular Hbond substituents is 3. The highest BCUT2D eigenvalue weighted by Crippen LogP contribution is 2.57. The van der Waals surface area contributed by atoms with Crippen molar-refractivity contribution in [3.63, 3.8) is 0 Å². The Bertz CT molecular complexity index is 1950. The van der Waals surface area contributed by atoms with Crippen LogP contribution in [0, 0.1) is 5.92 Å². The van der Waals surface area contributed by atoms with E-state index in [9.17, 15) is 15.3 Å². The molecule has 302 valence electrons. The Morgan fingerprint density at radius 1 is 0.436 bits per heavy atom. The summed E-state index contributed by atoms with van der Waals surface area (Å²) in [6.45, 7) is 48.6. The van der Waals surface area contributed by atoms with Crippen LogP contribution in [0.4, 0.5) is 0 Å². The number of allylic oxidation sites excluding steroid dienone is 4. The first-order valence-corrected chi connectivity index (χ1v) is 20.5. The molecule has 0 heterocycles. The Hall–Kier alpha value is -3.46. The maximum atomic E-state index is 11.9. The Labute approximate surface area is 336 Å². The van der Waals surface area contributed by atoms with Gasteiger partial charge in [-0.3, -0.25) is 0 Å². The number of rotatable bonds is 3. The predicted molar refractivity (Wildman–Crippen MR) is 238 cm³/mol. The third kappa shape index (κ3) is 7.93. The van der Waals surface area contributed by atoms with Gasteiger partial charge in [0.1, 0.15) is 17.2 Å². The molecule has 0 spiro atoms. The second kappa shape index (κ2) is 13.6. The normalized spacial score (nSPS) is 19.4. The minimum absolute atomic E-state index is 0.0212. The van der Waals surface area contributed by atoms with Gasteiger partial charge in [0, 0.05) is 27.7 Å². The van der Waals surface area contributed by atoms with Gasteiger partial charge in [-0.1, -0.05) is 156 Å². The first kappa shape index (κ1) is 44.3. The Kier molecular flexibility index (Phi) is 10.9. The molecule has 2 unspecified atom stereocenters. The van der Waals surface area contributed by atoms with Crippen molar-refractivity contribution < 1.29 is 15.3 Å². The van der Waals surface area contributed by atoms with Crippen LogP contribution in [-0.4, -0.2) is 15.3 Å². The van der Waals surface area contributed by atoms with Gasteiger partial charge < -0.3 is 15.3 Å². The smallest absolute Gasteiger partial charge is 0.123 e. The van der Waals surface area contributed by atoms with Crippen LogP contribution >= 0.6 is 0 Å². The molecule has 0 aromatic heterocycles. The van der Waals surface area contributed by atoms with Gasteiger partial charge in [-0.2, -0.15) is 0 Å². The van der Waals surface area contributed by atoms with Crippen LogP contribution in [0.25, 0.3) is 11.1 Å². The van der Waals surface area contributed by atoms with Crippen molar-refractivity contribution in [2.45, 2.75) is 190 Å². The lowest BCUT2D eigenvalue weighted by molar-refractivity contribution is 0.411. The van der Waals surface area contributed by atoms with Crippen LogP contribution in [0.3, 0.4) is 0 Å². The molecular weight excluding hydrogens is 673 g/mol. The molecule has 4 rings (SSSR count).